The van der Waals surface area contributed by atoms with Gasteiger partial charge < -0.3 is 9.88 Å². The Morgan fingerprint density at radius 3 is 2.83 bits per heavy atom. The SMILES string of the molecule is C=CC(=O)N1CCC=C(c2nc(C(C)C(=O)Nc3ncc(C(F)(F)F)c(-c4c[nH]c5c(C)cccc45)n3)cs2)C1. The Hall–Kier alpha value is -4.32. The molecule has 0 spiro atoms. The van der Waals surface area contributed by atoms with E-state index in [1.165, 1.54) is 23.6 Å². The maximum atomic E-state index is 13.9. The van der Waals surface area contributed by atoms with E-state index < -0.39 is 23.6 Å². The van der Waals surface area contributed by atoms with Gasteiger partial charge in [-0.15, -0.1) is 11.3 Å². The summed E-state index contributed by atoms with van der Waals surface area (Å²) < 4.78 is 41.7. The summed E-state index contributed by atoms with van der Waals surface area (Å²) in [6, 6.07) is 5.32. The number of aromatic amines is 1. The molecule has 1 aliphatic rings. The number of alkyl halides is 3. The number of benzene rings is 1. The summed E-state index contributed by atoms with van der Waals surface area (Å²) in [6.45, 7) is 8.02. The monoisotopic (exact) mass is 566 g/mol. The summed E-state index contributed by atoms with van der Waals surface area (Å²) >= 11 is 1.35. The summed E-state index contributed by atoms with van der Waals surface area (Å²) in [5.41, 5.74) is 1.87. The van der Waals surface area contributed by atoms with E-state index in [0.717, 1.165) is 11.1 Å². The van der Waals surface area contributed by atoms with Gasteiger partial charge in [0.1, 0.15) is 10.6 Å². The maximum Gasteiger partial charge on any atom is 0.419 e. The molecule has 5 rings (SSSR count). The summed E-state index contributed by atoms with van der Waals surface area (Å²) in [6.07, 6.45) is 1.44. The van der Waals surface area contributed by atoms with Crippen LogP contribution in [0.2, 0.25) is 0 Å². The average Bonchev–Trinajstić information content (AvgIpc) is 3.60. The van der Waals surface area contributed by atoms with Crippen molar-refractivity contribution in [1.29, 1.82) is 0 Å². The highest BCUT2D eigenvalue weighted by Crippen LogP contribution is 2.39. The number of fused-ring (bicyclic) bond motifs is 1. The van der Waals surface area contributed by atoms with Crippen molar-refractivity contribution in [3.8, 4) is 11.3 Å². The molecule has 2 amide bonds. The molecule has 2 N–H and O–H groups in total. The van der Waals surface area contributed by atoms with Crippen LogP contribution in [0.3, 0.4) is 0 Å². The predicted molar refractivity (Wildman–Crippen MR) is 148 cm³/mol. The molecule has 1 unspecified atom stereocenters. The van der Waals surface area contributed by atoms with Gasteiger partial charge in [-0.1, -0.05) is 30.9 Å². The van der Waals surface area contributed by atoms with E-state index in [-0.39, 0.29) is 23.1 Å². The normalized spacial score (nSPS) is 14.6. The second kappa shape index (κ2) is 10.7. The maximum absolute atomic E-state index is 13.9. The van der Waals surface area contributed by atoms with Gasteiger partial charge in [0.25, 0.3) is 0 Å². The van der Waals surface area contributed by atoms with E-state index in [9.17, 15) is 22.8 Å². The van der Waals surface area contributed by atoms with Crippen LogP contribution in [0.15, 0.2) is 54.7 Å². The molecular weight excluding hydrogens is 541 g/mol. The van der Waals surface area contributed by atoms with Gasteiger partial charge in [0.15, 0.2) is 0 Å². The molecule has 206 valence electrons. The number of nitrogens with zero attached hydrogens (tertiary/aromatic N) is 4. The van der Waals surface area contributed by atoms with E-state index in [1.807, 2.05) is 19.1 Å². The minimum Gasteiger partial charge on any atom is -0.360 e. The molecule has 40 heavy (non-hydrogen) atoms. The number of aromatic nitrogens is 4. The number of H-pyrrole nitrogens is 1. The zero-order valence-corrected chi connectivity index (χ0v) is 22.5. The topological polar surface area (TPSA) is 104 Å². The summed E-state index contributed by atoms with van der Waals surface area (Å²) in [5.74, 6) is -1.65. The lowest BCUT2D eigenvalue weighted by Crippen LogP contribution is -2.34. The molecule has 12 heteroatoms. The van der Waals surface area contributed by atoms with Crippen molar-refractivity contribution in [3.63, 3.8) is 0 Å². The van der Waals surface area contributed by atoms with Crippen LogP contribution in [0.5, 0.6) is 0 Å². The van der Waals surface area contributed by atoms with Gasteiger partial charge in [-0.3, -0.25) is 14.9 Å². The molecule has 8 nitrogen and oxygen atoms in total. The average molecular weight is 567 g/mol. The smallest absolute Gasteiger partial charge is 0.360 e. The Morgan fingerprint density at radius 1 is 1.27 bits per heavy atom. The number of hydrogen-bond acceptors (Lipinski definition) is 6. The molecule has 0 saturated heterocycles. The lowest BCUT2D eigenvalue weighted by atomic mass is 10.0. The van der Waals surface area contributed by atoms with Gasteiger partial charge in [0.05, 0.1) is 17.3 Å². The van der Waals surface area contributed by atoms with Crippen LogP contribution in [0.25, 0.3) is 27.7 Å². The number of nitrogens with one attached hydrogen (secondary N) is 2. The second-order valence-electron chi connectivity index (χ2n) is 9.42. The summed E-state index contributed by atoms with van der Waals surface area (Å²) in [4.78, 5) is 42.3. The fourth-order valence-corrected chi connectivity index (χ4v) is 5.50. The Balaban J connectivity index is 1.39. The number of rotatable bonds is 6. The molecule has 0 radical (unpaired) electrons. The molecule has 0 aliphatic carbocycles. The van der Waals surface area contributed by atoms with Crippen LogP contribution >= 0.6 is 11.3 Å². The Bertz CT molecular complexity index is 1660. The Labute approximate surface area is 231 Å². The zero-order chi connectivity index (χ0) is 28.6. The minimum atomic E-state index is -4.70. The molecule has 3 aromatic heterocycles. The van der Waals surface area contributed by atoms with Crippen molar-refractivity contribution < 1.29 is 22.8 Å². The van der Waals surface area contributed by atoms with E-state index >= 15 is 0 Å². The van der Waals surface area contributed by atoms with Gasteiger partial charge in [-0.2, -0.15) is 13.2 Å². The minimum absolute atomic E-state index is 0.159. The third-order valence-electron chi connectivity index (χ3n) is 6.78. The molecular formula is C28H25F3N6O2S. The van der Waals surface area contributed by atoms with E-state index in [2.05, 4.69) is 31.8 Å². The van der Waals surface area contributed by atoms with Crippen LogP contribution in [0.4, 0.5) is 19.1 Å². The van der Waals surface area contributed by atoms with Crippen LogP contribution < -0.4 is 5.32 Å². The quantitative estimate of drug-likeness (QED) is 0.281. The predicted octanol–water partition coefficient (Wildman–Crippen LogP) is 5.95. The molecule has 4 aromatic rings. The van der Waals surface area contributed by atoms with Crippen molar-refractivity contribution in [1.82, 2.24) is 24.8 Å². The van der Waals surface area contributed by atoms with Gasteiger partial charge in [-0.25, -0.2) is 15.0 Å². The van der Waals surface area contributed by atoms with E-state index in [0.29, 0.717) is 47.3 Å². The first-order valence-corrected chi connectivity index (χ1v) is 13.3. The van der Waals surface area contributed by atoms with Gasteiger partial charge in [0.2, 0.25) is 17.8 Å². The third-order valence-corrected chi connectivity index (χ3v) is 7.72. The molecule has 1 atom stereocenters. The standard InChI is InChI=1S/C28H25F3N6O2S/c1-4-22(38)37-10-6-8-17(13-37)26-34-21(14-40-26)16(3)25(39)36-27-33-12-20(28(29,30)31)24(35-27)19-11-32-23-15(2)7-5-9-18(19)23/h4-5,7-9,11-12,14,16,32H,1,6,10,13H2,2-3H3,(H,33,35,36,39). The highest BCUT2D eigenvalue weighted by atomic mass is 32.1. The molecule has 1 aliphatic heterocycles. The number of para-hydroxylation sites is 1. The van der Waals surface area contributed by atoms with Crippen molar-refractivity contribution in [2.45, 2.75) is 32.4 Å². The number of aryl methyl sites for hydroxylation is 1. The van der Waals surface area contributed by atoms with E-state index in [4.69, 9.17) is 0 Å². The second-order valence-corrected chi connectivity index (χ2v) is 10.3. The highest BCUT2D eigenvalue weighted by molar-refractivity contribution is 7.10. The molecule has 0 bridgehead atoms. The van der Waals surface area contributed by atoms with Crippen LogP contribution in [0.1, 0.15) is 41.1 Å². The van der Waals surface area contributed by atoms with Crippen LogP contribution in [-0.2, 0) is 15.8 Å². The molecule has 1 aromatic carbocycles. The molecule has 0 saturated carbocycles. The fraction of sp³-hybridized carbons (Fsp3) is 0.250. The first kappa shape index (κ1) is 27.3. The number of halogens is 3. The van der Waals surface area contributed by atoms with Gasteiger partial charge in [-0.05, 0) is 31.9 Å². The van der Waals surface area contributed by atoms with Crippen molar-refractivity contribution in [2.24, 2.45) is 0 Å². The van der Waals surface area contributed by atoms with Crippen molar-refractivity contribution >= 4 is 45.6 Å². The van der Waals surface area contributed by atoms with Gasteiger partial charge in [0, 0.05) is 52.9 Å². The Morgan fingerprint density at radius 2 is 2.08 bits per heavy atom. The number of carbonyl (C=O) groups excluding carboxylic acids is 2. The van der Waals surface area contributed by atoms with Gasteiger partial charge >= 0.3 is 6.18 Å². The first-order chi connectivity index (χ1) is 19.1. The van der Waals surface area contributed by atoms with E-state index in [1.54, 1.807) is 29.3 Å². The number of anilines is 1. The largest absolute Gasteiger partial charge is 0.419 e. The Kier molecular flexibility index (Phi) is 7.28. The first-order valence-electron chi connectivity index (χ1n) is 12.4. The number of carbonyl (C=O) groups is 2. The number of amides is 2. The van der Waals surface area contributed by atoms with Crippen LogP contribution in [0, 0.1) is 6.92 Å². The summed E-state index contributed by atoms with van der Waals surface area (Å²) in [7, 11) is 0. The summed E-state index contributed by atoms with van der Waals surface area (Å²) in [5, 5.41) is 5.57. The fourth-order valence-electron chi connectivity index (χ4n) is 4.56. The number of hydrogen-bond donors (Lipinski definition) is 2. The highest BCUT2D eigenvalue weighted by Gasteiger charge is 2.36. The molecule has 4 heterocycles. The van der Waals surface area contributed by atoms with Crippen molar-refractivity contribution in [2.75, 3.05) is 18.4 Å². The third kappa shape index (κ3) is 5.26. The van der Waals surface area contributed by atoms with Crippen molar-refractivity contribution in [3.05, 3.63) is 76.5 Å². The lowest BCUT2D eigenvalue weighted by Gasteiger charge is -2.25. The molecule has 0 fully saturated rings. The zero-order valence-electron chi connectivity index (χ0n) is 21.7. The van der Waals surface area contributed by atoms with Crippen LogP contribution in [-0.4, -0.2) is 49.7 Å². The lowest BCUT2D eigenvalue weighted by molar-refractivity contribution is -0.137. The number of thiazole rings is 1.